The Kier molecular flexibility index (Phi) is 5.27. The lowest BCUT2D eigenvalue weighted by Gasteiger charge is -2.19. The molecule has 1 aromatic heterocycles. The lowest BCUT2D eigenvalue weighted by Crippen LogP contribution is -2.28. The van der Waals surface area contributed by atoms with E-state index in [0.29, 0.717) is 11.4 Å². The molecule has 1 aliphatic carbocycles. The molecule has 0 radical (unpaired) electrons. The summed E-state index contributed by atoms with van der Waals surface area (Å²) in [7, 11) is 0. The van der Waals surface area contributed by atoms with E-state index in [-0.39, 0.29) is 0 Å². The summed E-state index contributed by atoms with van der Waals surface area (Å²) in [6.07, 6.45) is 6.22. The molecular weight excluding hydrogens is 324 g/mol. The molecule has 0 saturated heterocycles. The van der Waals surface area contributed by atoms with E-state index in [1.807, 2.05) is 57.2 Å². The molecule has 1 aliphatic rings. The largest absolute Gasteiger partial charge is 0.442 e. The first-order valence-corrected chi connectivity index (χ1v) is 9.02. The molecule has 1 aromatic carbocycles. The Morgan fingerprint density at radius 1 is 1.15 bits per heavy atom. The van der Waals surface area contributed by atoms with Gasteiger partial charge in [0.15, 0.2) is 0 Å². The van der Waals surface area contributed by atoms with Crippen LogP contribution in [0.4, 0.5) is 4.79 Å². The van der Waals surface area contributed by atoms with Crippen LogP contribution in [0.15, 0.2) is 48.0 Å². The van der Waals surface area contributed by atoms with Gasteiger partial charge in [-0.3, -0.25) is 0 Å². The predicted molar refractivity (Wildman–Crippen MR) is 103 cm³/mol. The van der Waals surface area contributed by atoms with Crippen molar-refractivity contribution in [3.8, 4) is 23.1 Å². The lowest BCUT2D eigenvalue weighted by atomic mass is 10.00. The van der Waals surface area contributed by atoms with Crippen LogP contribution in [0, 0.1) is 11.8 Å². The Morgan fingerprint density at radius 2 is 1.92 bits per heavy atom. The van der Waals surface area contributed by atoms with Crippen LogP contribution in [0.3, 0.4) is 0 Å². The van der Waals surface area contributed by atoms with Crippen molar-refractivity contribution in [2.24, 2.45) is 0 Å². The maximum Gasteiger partial charge on any atom is 0.435 e. The van der Waals surface area contributed by atoms with E-state index >= 15 is 0 Å². The molecule has 2 aromatic rings. The van der Waals surface area contributed by atoms with Gasteiger partial charge >= 0.3 is 6.09 Å². The van der Waals surface area contributed by atoms with E-state index in [4.69, 9.17) is 4.74 Å². The quantitative estimate of drug-likeness (QED) is 0.667. The SMILES string of the molecule is CC(C)(C)OC(=O)n1nc(C#CC2=CCCCC2)cc1-c1ccccc1. The van der Waals surface area contributed by atoms with Gasteiger partial charge in [0.1, 0.15) is 11.3 Å². The molecule has 0 atom stereocenters. The van der Waals surface area contributed by atoms with Crippen molar-refractivity contribution < 1.29 is 9.53 Å². The molecule has 0 saturated carbocycles. The normalized spacial score (nSPS) is 14.2. The van der Waals surface area contributed by atoms with Gasteiger partial charge in [-0.1, -0.05) is 42.3 Å². The Morgan fingerprint density at radius 3 is 2.58 bits per heavy atom. The third-order valence-electron chi connectivity index (χ3n) is 3.99. The summed E-state index contributed by atoms with van der Waals surface area (Å²) < 4.78 is 6.80. The van der Waals surface area contributed by atoms with E-state index in [1.54, 1.807) is 0 Å². The maximum absolute atomic E-state index is 12.6. The molecule has 0 bridgehead atoms. The highest BCUT2D eigenvalue weighted by Crippen LogP contribution is 2.22. The van der Waals surface area contributed by atoms with Crippen molar-refractivity contribution in [3.63, 3.8) is 0 Å². The standard InChI is InChI=1S/C22H24N2O2/c1-22(2,3)26-21(25)24-20(18-12-8-5-9-13-18)16-19(23-24)15-14-17-10-6-4-7-11-17/h5,8-10,12-13,16H,4,6-7,11H2,1-3H3. The molecule has 26 heavy (non-hydrogen) atoms. The summed E-state index contributed by atoms with van der Waals surface area (Å²) >= 11 is 0. The fourth-order valence-electron chi connectivity index (χ4n) is 2.80. The highest BCUT2D eigenvalue weighted by atomic mass is 16.6. The third-order valence-corrected chi connectivity index (χ3v) is 3.99. The van der Waals surface area contributed by atoms with Gasteiger partial charge in [0, 0.05) is 11.6 Å². The second kappa shape index (κ2) is 7.61. The van der Waals surface area contributed by atoms with Crippen LogP contribution in [0.5, 0.6) is 0 Å². The van der Waals surface area contributed by atoms with Gasteiger partial charge in [0.2, 0.25) is 0 Å². The smallest absolute Gasteiger partial charge is 0.435 e. The number of aromatic nitrogens is 2. The van der Waals surface area contributed by atoms with Gasteiger partial charge in [-0.05, 0) is 57.9 Å². The Bertz CT molecular complexity index is 874. The Hall–Kier alpha value is -2.80. The summed E-state index contributed by atoms with van der Waals surface area (Å²) in [5.41, 5.74) is 2.72. The summed E-state index contributed by atoms with van der Waals surface area (Å²) in [4.78, 5) is 12.6. The fourth-order valence-corrected chi connectivity index (χ4v) is 2.80. The van der Waals surface area contributed by atoms with Crippen LogP contribution in [-0.4, -0.2) is 21.5 Å². The van der Waals surface area contributed by atoms with Gasteiger partial charge < -0.3 is 4.74 Å². The van der Waals surface area contributed by atoms with Crippen LogP contribution >= 0.6 is 0 Å². The second-order valence-corrected chi connectivity index (χ2v) is 7.40. The zero-order valence-electron chi connectivity index (χ0n) is 15.6. The van der Waals surface area contributed by atoms with Crippen molar-refractivity contribution in [3.05, 3.63) is 53.7 Å². The average molecular weight is 348 g/mol. The Labute approximate surface area is 154 Å². The van der Waals surface area contributed by atoms with Crippen molar-refractivity contribution in [2.45, 2.75) is 52.1 Å². The van der Waals surface area contributed by atoms with Gasteiger partial charge in [0.05, 0.1) is 5.69 Å². The van der Waals surface area contributed by atoms with Crippen LogP contribution < -0.4 is 0 Å². The first kappa shape index (κ1) is 18.0. The third kappa shape index (κ3) is 4.64. The summed E-state index contributed by atoms with van der Waals surface area (Å²) in [5, 5.41) is 4.40. The number of benzene rings is 1. The van der Waals surface area contributed by atoms with E-state index in [0.717, 1.165) is 24.0 Å². The topological polar surface area (TPSA) is 44.1 Å². The molecule has 1 heterocycles. The van der Waals surface area contributed by atoms with Gasteiger partial charge in [0.25, 0.3) is 0 Å². The Balaban J connectivity index is 1.96. The molecule has 3 rings (SSSR count). The number of carbonyl (C=O) groups is 1. The van der Waals surface area contributed by atoms with Crippen molar-refractivity contribution in [2.75, 3.05) is 0 Å². The minimum atomic E-state index is -0.588. The summed E-state index contributed by atoms with van der Waals surface area (Å²) in [6, 6.07) is 11.5. The fraction of sp³-hybridized carbons (Fsp3) is 0.364. The molecule has 0 fully saturated rings. The average Bonchev–Trinajstić information content (AvgIpc) is 3.05. The monoisotopic (exact) mass is 348 g/mol. The summed E-state index contributed by atoms with van der Waals surface area (Å²) in [5.74, 6) is 6.30. The zero-order chi connectivity index (χ0) is 18.6. The number of ether oxygens (including phenoxy) is 1. The molecule has 134 valence electrons. The number of hydrogen-bond donors (Lipinski definition) is 0. The summed E-state index contributed by atoms with van der Waals surface area (Å²) in [6.45, 7) is 5.52. The van der Waals surface area contributed by atoms with E-state index in [2.05, 4.69) is 23.0 Å². The number of hydrogen-bond acceptors (Lipinski definition) is 3. The zero-order valence-corrected chi connectivity index (χ0v) is 15.6. The molecular formula is C22H24N2O2. The molecule has 4 nitrogen and oxygen atoms in total. The van der Waals surface area contributed by atoms with Gasteiger partial charge in [-0.25, -0.2) is 4.79 Å². The number of rotatable bonds is 1. The minimum Gasteiger partial charge on any atom is -0.442 e. The number of allylic oxidation sites excluding steroid dienone is 2. The molecule has 4 heteroatoms. The van der Waals surface area contributed by atoms with Crippen molar-refractivity contribution in [1.82, 2.24) is 9.78 Å². The van der Waals surface area contributed by atoms with E-state index in [1.165, 1.54) is 17.5 Å². The van der Waals surface area contributed by atoms with Crippen LogP contribution in [0.2, 0.25) is 0 Å². The molecule has 0 spiro atoms. The minimum absolute atomic E-state index is 0.499. The molecule has 0 aliphatic heterocycles. The van der Waals surface area contributed by atoms with Crippen molar-refractivity contribution in [1.29, 1.82) is 0 Å². The molecule has 0 amide bonds. The highest BCUT2D eigenvalue weighted by molar-refractivity contribution is 5.78. The number of carbonyl (C=O) groups excluding carboxylic acids is 1. The lowest BCUT2D eigenvalue weighted by molar-refractivity contribution is 0.0517. The van der Waals surface area contributed by atoms with Crippen LogP contribution in [0.1, 0.15) is 52.1 Å². The van der Waals surface area contributed by atoms with Gasteiger partial charge in [-0.2, -0.15) is 9.78 Å². The van der Waals surface area contributed by atoms with Crippen LogP contribution in [-0.2, 0) is 4.74 Å². The van der Waals surface area contributed by atoms with Crippen LogP contribution in [0.25, 0.3) is 11.3 Å². The van der Waals surface area contributed by atoms with E-state index in [9.17, 15) is 4.79 Å². The maximum atomic E-state index is 12.6. The van der Waals surface area contributed by atoms with Crippen molar-refractivity contribution >= 4 is 6.09 Å². The molecule has 0 unspecified atom stereocenters. The first-order chi connectivity index (χ1) is 12.4. The number of nitrogens with zero attached hydrogens (tertiary/aromatic N) is 2. The predicted octanol–water partition coefficient (Wildman–Crippen LogP) is 5.19. The first-order valence-electron chi connectivity index (χ1n) is 9.02. The molecule has 0 N–H and O–H groups in total. The highest BCUT2D eigenvalue weighted by Gasteiger charge is 2.22. The van der Waals surface area contributed by atoms with E-state index < -0.39 is 11.7 Å². The van der Waals surface area contributed by atoms with Gasteiger partial charge in [-0.15, -0.1) is 0 Å². The second-order valence-electron chi connectivity index (χ2n) is 7.40.